The second-order valence-corrected chi connectivity index (χ2v) is 4.87. The summed E-state index contributed by atoms with van der Waals surface area (Å²) in [7, 11) is 1.77. The zero-order valence-corrected chi connectivity index (χ0v) is 11.0. The molecule has 0 bridgehead atoms. The topological polar surface area (TPSA) is 52.0 Å². The molecule has 100 valence electrons. The number of para-hydroxylation sites is 1. The van der Waals surface area contributed by atoms with Gasteiger partial charge >= 0.3 is 0 Å². The van der Waals surface area contributed by atoms with Gasteiger partial charge in [-0.15, -0.1) is 0 Å². The summed E-state index contributed by atoms with van der Waals surface area (Å²) in [4.78, 5) is 1.66. The van der Waals surface area contributed by atoms with E-state index in [0.717, 1.165) is 30.8 Å². The summed E-state index contributed by atoms with van der Waals surface area (Å²) in [6.45, 7) is 0.758. The molecule has 0 unspecified atom stereocenters. The molecule has 1 N–H and O–H groups in total. The van der Waals surface area contributed by atoms with E-state index in [1.807, 2.05) is 36.5 Å². The van der Waals surface area contributed by atoms with Crippen LogP contribution in [0.15, 0.2) is 36.5 Å². The number of ether oxygens (including phenoxy) is 1. The highest BCUT2D eigenvalue weighted by Crippen LogP contribution is 2.22. The van der Waals surface area contributed by atoms with Crippen molar-refractivity contribution in [2.45, 2.75) is 31.5 Å². The van der Waals surface area contributed by atoms with Gasteiger partial charge in [0.15, 0.2) is 0 Å². The van der Waals surface area contributed by atoms with Crippen molar-refractivity contribution < 1.29 is 4.74 Å². The quantitative estimate of drug-likeness (QED) is 0.883. The number of methoxy groups -OCH3 is 1. The largest absolute Gasteiger partial charge is 0.381 e. The standard InChI is InChI=1S/C14H18N4O/c1-19-14-7-11(8-14)15-9-12-10-16-18(17-12)13-5-3-2-4-6-13/h2-6,10-11,14-15H,7-9H2,1H3. The minimum Gasteiger partial charge on any atom is -0.381 e. The number of nitrogens with zero attached hydrogens (tertiary/aromatic N) is 3. The number of benzene rings is 1. The number of hydrogen-bond donors (Lipinski definition) is 1. The van der Waals surface area contributed by atoms with Crippen molar-refractivity contribution in [1.29, 1.82) is 0 Å². The molecule has 1 aliphatic rings. The first-order valence-corrected chi connectivity index (χ1v) is 6.58. The Morgan fingerprint density at radius 1 is 1.32 bits per heavy atom. The maximum absolute atomic E-state index is 5.26. The van der Waals surface area contributed by atoms with Crippen LogP contribution in [0.2, 0.25) is 0 Å². The van der Waals surface area contributed by atoms with E-state index >= 15 is 0 Å². The van der Waals surface area contributed by atoms with Crippen LogP contribution in [0.4, 0.5) is 0 Å². The molecule has 0 amide bonds. The molecular weight excluding hydrogens is 240 g/mol. The smallest absolute Gasteiger partial charge is 0.0969 e. The van der Waals surface area contributed by atoms with Crippen LogP contribution in [0.3, 0.4) is 0 Å². The highest BCUT2D eigenvalue weighted by atomic mass is 16.5. The van der Waals surface area contributed by atoms with Crippen molar-refractivity contribution in [3.63, 3.8) is 0 Å². The number of hydrogen-bond acceptors (Lipinski definition) is 4. The van der Waals surface area contributed by atoms with Crippen molar-refractivity contribution in [3.05, 3.63) is 42.2 Å². The molecule has 2 aromatic rings. The summed E-state index contributed by atoms with van der Waals surface area (Å²) < 4.78 is 5.26. The highest BCUT2D eigenvalue weighted by molar-refractivity contribution is 5.28. The first kappa shape index (κ1) is 12.3. The van der Waals surface area contributed by atoms with Gasteiger partial charge in [0.05, 0.1) is 23.7 Å². The molecule has 0 aliphatic heterocycles. The van der Waals surface area contributed by atoms with Crippen molar-refractivity contribution in [2.75, 3.05) is 7.11 Å². The fraction of sp³-hybridized carbons (Fsp3) is 0.429. The molecule has 0 saturated heterocycles. The van der Waals surface area contributed by atoms with E-state index in [0.29, 0.717) is 12.1 Å². The average molecular weight is 258 g/mol. The van der Waals surface area contributed by atoms with Gasteiger partial charge in [0, 0.05) is 19.7 Å². The zero-order valence-electron chi connectivity index (χ0n) is 11.0. The number of nitrogens with one attached hydrogen (secondary N) is 1. The lowest BCUT2D eigenvalue weighted by molar-refractivity contribution is 0.0169. The summed E-state index contributed by atoms with van der Waals surface area (Å²) >= 11 is 0. The van der Waals surface area contributed by atoms with Gasteiger partial charge in [-0.2, -0.15) is 15.0 Å². The molecule has 1 heterocycles. The van der Waals surface area contributed by atoms with Crippen LogP contribution in [0, 0.1) is 0 Å². The van der Waals surface area contributed by atoms with E-state index in [4.69, 9.17) is 4.74 Å². The molecule has 5 nitrogen and oxygen atoms in total. The van der Waals surface area contributed by atoms with E-state index < -0.39 is 0 Å². The zero-order chi connectivity index (χ0) is 13.1. The summed E-state index contributed by atoms with van der Waals surface area (Å²) in [5, 5.41) is 12.2. The molecule has 1 fully saturated rings. The Morgan fingerprint density at radius 3 is 2.84 bits per heavy atom. The van der Waals surface area contributed by atoms with Gasteiger partial charge in [-0.05, 0) is 25.0 Å². The lowest BCUT2D eigenvalue weighted by Gasteiger charge is -2.34. The van der Waals surface area contributed by atoms with Crippen LogP contribution in [0.1, 0.15) is 18.5 Å². The highest BCUT2D eigenvalue weighted by Gasteiger charge is 2.28. The minimum absolute atomic E-state index is 0.428. The normalized spacial score (nSPS) is 22.2. The van der Waals surface area contributed by atoms with E-state index in [1.54, 1.807) is 11.9 Å². The molecule has 1 aromatic carbocycles. The third-order valence-corrected chi connectivity index (χ3v) is 3.53. The maximum atomic E-state index is 5.26. The second kappa shape index (κ2) is 5.50. The van der Waals surface area contributed by atoms with Crippen molar-refractivity contribution in [3.8, 4) is 5.69 Å². The first-order valence-electron chi connectivity index (χ1n) is 6.58. The Morgan fingerprint density at radius 2 is 2.11 bits per heavy atom. The number of aromatic nitrogens is 3. The molecule has 1 aliphatic carbocycles. The molecule has 1 aromatic heterocycles. The van der Waals surface area contributed by atoms with Crippen LogP contribution in [0.5, 0.6) is 0 Å². The Kier molecular flexibility index (Phi) is 3.57. The molecule has 0 radical (unpaired) electrons. The lowest BCUT2D eigenvalue weighted by Crippen LogP contribution is -2.44. The molecule has 0 atom stereocenters. The van der Waals surface area contributed by atoms with Gasteiger partial charge in [-0.1, -0.05) is 18.2 Å². The van der Waals surface area contributed by atoms with Gasteiger partial charge in [-0.3, -0.25) is 0 Å². The lowest BCUT2D eigenvalue weighted by atomic mass is 9.89. The van der Waals surface area contributed by atoms with Gasteiger partial charge in [0.1, 0.15) is 0 Å². The van der Waals surface area contributed by atoms with E-state index in [2.05, 4.69) is 15.5 Å². The summed E-state index contributed by atoms with van der Waals surface area (Å²) in [6, 6.07) is 10.5. The van der Waals surface area contributed by atoms with Gasteiger partial charge in [0.2, 0.25) is 0 Å². The summed E-state index contributed by atoms with van der Waals surface area (Å²) in [5.41, 5.74) is 1.95. The average Bonchev–Trinajstić information content (AvgIpc) is 2.87. The summed E-state index contributed by atoms with van der Waals surface area (Å²) in [6.07, 6.45) is 4.41. The predicted octanol–water partition coefficient (Wildman–Crippen LogP) is 1.53. The van der Waals surface area contributed by atoms with Crippen LogP contribution >= 0.6 is 0 Å². The Balaban J connectivity index is 1.54. The van der Waals surface area contributed by atoms with Crippen molar-refractivity contribution >= 4 is 0 Å². The monoisotopic (exact) mass is 258 g/mol. The van der Waals surface area contributed by atoms with Gasteiger partial charge in [0.25, 0.3) is 0 Å². The Labute approximate surface area is 112 Å². The van der Waals surface area contributed by atoms with Gasteiger partial charge in [-0.25, -0.2) is 0 Å². The fourth-order valence-electron chi connectivity index (χ4n) is 2.24. The third-order valence-electron chi connectivity index (χ3n) is 3.53. The molecule has 3 rings (SSSR count). The molecule has 19 heavy (non-hydrogen) atoms. The van der Waals surface area contributed by atoms with Crippen LogP contribution in [0.25, 0.3) is 5.69 Å². The summed E-state index contributed by atoms with van der Waals surface area (Å²) in [5.74, 6) is 0. The predicted molar refractivity (Wildman–Crippen MR) is 72.0 cm³/mol. The van der Waals surface area contributed by atoms with E-state index in [9.17, 15) is 0 Å². The second-order valence-electron chi connectivity index (χ2n) is 4.87. The molecular formula is C14H18N4O. The SMILES string of the molecule is COC1CC(NCc2cnn(-c3ccccc3)n2)C1. The minimum atomic E-state index is 0.428. The fourth-order valence-corrected chi connectivity index (χ4v) is 2.24. The van der Waals surface area contributed by atoms with Gasteiger partial charge < -0.3 is 10.1 Å². The molecule has 5 heteroatoms. The van der Waals surface area contributed by atoms with Crippen LogP contribution in [-0.4, -0.2) is 34.2 Å². The van der Waals surface area contributed by atoms with E-state index in [1.165, 1.54) is 0 Å². The number of rotatable bonds is 5. The molecule has 0 spiro atoms. The Bertz CT molecular complexity index is 519. The van der Waals surface area contributed by atoms with E-state index in [-0.39, 0.29) is 0 Å². The van der Waals surface area contributed by atoms with Crippen molar-refractivity contribution in [2.24, 2.45) is 0 Å². The maximum Gasteiger partial charge on any atom is 0.0969 e. The molecule has 1 saturated carbocycles. The van der Waals surface area contributed by atoms with Crippen molar-refractivity contribution in [1.82, 2.24) is 20.3 Å². The van der Waals surface area contributed by atoms with Crippen LogP contribution < -0.4 is 5.32 Å². The van der Waals surface area contributed by atoms with Crippen LogP contribution in [-0.2, 0) is 11.3 Å². The first-order chi connectivity index (χ1) is 9.35. The third kappa shape index (κ3) is 2.83. The Hall–Kier alpha value is -1.72.